The van der Waals surface area contributed by atoms with Crippen molar-refractivity contribution in [2.24, 2.45) is 0 Å². The van der Waals surface area contributed by atoms with Crippen molar-refractivity contribution in [3.05, 3.63) is 45.6 Å². The number of aromatic amines is 1. The van der Waals surface area contributed by atoms with E-state index in [4.69, 9.17) is 4.74 Å². The van der Waals surface area contributed by atoms with Gasteiger partial charge in [0.25, 0.3) is 0 Å². The minimum Gasteiger partial charge on any atom is -0.455 e. The van der Waals surface area contributed by atoms with Crippen LogP contribution in [-0.2, 0) is 0 Å². The van der Waals surface area contributed by atoms with Gasteiger partial charge in [-0.3, -0.25) is 9.78 Å². The summed E-state index contributed by atoms with van der Waals surface area (Å²) in [5.74, 6) is 0.537. The summed E-state index contributed by atoms with van der Waals surface area (Å²) >= 11 is 1.06. The molecular formula is C19H22N4O3S. The Kier molecular flexibility index (Phi) is 4.84. The van der Waals surface area contributed by atoms with Gasteiger partial charge in [0.1, 0.15) is 10.8 Å². The van der Waals surface area contributed by atoms with Gasteiger partial charge in [0.05, 0.1) is 12.1 Å². The van der Waals surface area contributed by atoms with Gasteiger partial charge >= 0.3 is 10.9 Å². The Morgan fingerprint density at radius 3 is 2.74 bits per heavy atom. The van der Waals surface area contributed by atoms with Gasteiger partial charge in [-0.25, -0.2) is 0 Å². The molecule has 2 aromatic heterocycles. The van der Waals surface area contributed by atoms with Crippen LogP contribution in [0.2, 0.25) is 0 Å². The fourth-order valence-electron chi connectivity index (χ4n) is 3.54. The Hall–Kier alpha value is -2.45. The molecule has 1 saturated carbocycles. The Labute approximate surface area is 160 Å². The highest BCUT2D eigenvalue weighted by Gasteiger charge is 2.34. The molecule has 2 heterocycles. The topological polar surface area (TPSA) is 100 Å². The molecule has 1 atom stereocenters. The smallest absolute Gasteiger partial charge is 0.321 e. The highest BCUT2D eigenvalue weighted by atomic mass is 32.1. The minimum atomic E-state index is -0.406. The molecule has 7 nitrogen and oxygen atoms in total. The van der Waals surface area contributed by atoms with E-state index in [-0.39, 0.29) is 23.6 Å². The number of H-pyrrole nitrogens is 1. The lowest BCUT2D eigenvalue weighted by atomic mass is 9.99. The highest BCUT2D eigenvalue weighted by Crippen LogP contribution is 2.35. The number of ether oxygens (including phenoxy) is 1. The number of aromatic nitrogens is 3. The zero-order valence-electron chi connectivity index (χ0n) is 15.1. The van der Waals surface area contributed by atoms with Gasteiger partial charge in [-0.05, 0) is 25.3 Å². The number of aliphatic hydroxyl groups excluding tert-OH is 1. The summed E-state index contributed by atoms with van der Waals surface area (Å²) in [6.45, 7) is 1.95. The summed E-state index contributed by atoms with van der Waals surface area (Å²) < 4.78 is 6.60. The number of thiazole rings is 1. The van der Waals surface area contributed by atoms with Crippen LogP contribution in [0.15, 0.2) is 35.1 Å². The molecular weight excluding hydrogens is 364 g/mol. The number of hydrogen-bond acceptors (Lipinski definition) is 7. The molecule has 1 aliphatic carbocycles. The monoisotopic (exact) mass is 386 g/mol. The van der Waals surface area contributed by atoms with Crippen LogP contribution >= 0.6 is 11.3 Å². The highest BCUT2D eigenvalue weighted by molar-refractivity contribution is 7.17. The number of aliphatic hydroxyl groups is 1. The molecule has 1 aromatic carbocycles. The first-order chi connectivity index (χ1) is 13.1. The molecule has 142 valence electrons. The molecule has 0 spiro atoms. The Balaban J connectivity index is 1.69. The van der Waals surface area contributed by atoms with Crippen molar-refractivity contribution in [3.8, 4) is 6.01 Å². The summed E-state index contributed by atoms with van der Waals surface area (Å²) in [5, 5.41) is 13.3. The first kappa shape index (κ1) is 17.9. The summed E-state index contributed by atoms with van der Waals surface area (Å²) in [6.07, 6.45) is 3.61. The standard InChI is InChI=1S/C19H22N4O3S/c1-12(13-7-3-2-4-8-13)26-17-20-15-14(27-18(25)22-15)16(21-17)23-19(11-24)9-5-6-10-19/h2-4,7-8,12,24H,5-6,9-11H2,1H3,(H2,20,21,22,23,25)/t12-/m0/s1. The lowest BCUT2D eigenvalue weighted by Gasteiger charge is -2.28. The average molecular weight is 386 g/mol. The normalized spacial score (nSPS) is 17.1. The van der Waals surface area contributed by atoms with E-state index < -0.39 is 5.54 Å². The molecule has 0 saturated heterocycles. The van der Waals surface area contributed by atoms with E-state index in [2.05, 4.69) is 20.3 Å². The summed E-state index contributed by atoms with van der Waals surface area (Å²) in [5.41, 5.74) is 1.05. The Morgan fingerprint density at radius 2 is 2.04 bits per heavy atom. The van der Waals surface area contributed by atoms with Gasteiger partial charge in [0, 0.05) is 0 Å². The zero-order valence-corrected chi connectivity index (χ0v) is 15.9. The third-order valence-corrected chi connectivity index (χ3v) is 5.94. The number of nitrogens with one attached hydrogen (secondary N) is 2. The van der Waals surface area contributed by atoms with E-state index >= 15 is 0 Å². The van der Waals surface area contributed by atoms with Crippen molar-refractivity contribution in [1.29, 1.82) is 0 Å². The van der Waals surface area contributed by atoms with Crippen molar-refractivity contribution < 1.29 is 9.84 Å². The van der Waals surface area contributed by atoms with Crippen molar-refractivity contribution >= 4 is 27.5 Å². The van der Waals surface area contributed by atoms with E-state index in [9.17, 15) is 9.90 Å². The van der Waals surface area contributed by atoms with Crippen LogP contribution in [0.4, 0.5) is 5.82 Å². The number of anilines is 1. The van der Waals surface area contributed by atoms with E-state index in [1.54, 1.807) is 0 Å². The van der Waals surface area contributed by atoms with Crippen molar-refractivity contribution in [2.75, 3.05) is 11.9 Å². The largest absolute Gasteiger partial charge is 0.455 e. The van der Waals surface area contributed by atoms with Crippen LogP contribution in [0.25, 0.3) is 10.3 Å². The lowest BCUT2D eigenvalue weighted by Crippen LogP contribution is -2.39. The Bertz CT molecular complexity index is 980. The van der Waals surface area contributed by atoms with Crippen LogP contribution in [0, 0.1) is 0 Å². The van der Waals surface area contributed by atoms with Gasteiger partial charge in [-0.1, -0.05) is 54.5 Å². The third-order valence-electron chi connectivity index (χ3n) is 5.06. The summed E-state index contributed by atoms with van der Waals surface area (Å²) in [4.78, 5) is 23.3. The second-order valence-corrected chi connectivity index (χ2v) is 7.97. The van der Waals surface area contributed by atoms with E-state index in [0.717, 1.165) is 42.6 Å². The first-order valence-electron chi connectivity index (χ1n) is 9.10. The van der Waals surface area contributed by atoms with Gasteiger partial charge < -0.3 is 15.2 Å². The number of nitrogens with zero attached hydrogens (tertiary/aromatic N) is 2. The fourth-order valence-corrected chi connectivity index (χ4v) is 4.26. The second kappa shape index (κ2) is 7.28. The first-order valence-corrected chi connectivity index (χ1v) is 9.92. The SMILES string of the molecule is C[C@H](Oc1nc(NC2(CO)CCCC2)c2sc(=O)[nH]c2n1)c1ccccc1. The summed E-state index contributed by atoms with van der Waals surface area (Å²) in [7, 11) is 0. The fraction of sp³-hybridized carbons (Fsp3) is 0.421. The maximum absolute atomic E-state index is 11.9. The Morgan fingerprint density at radius 1 is 1.30 bits per heavy atom. The molecule has 0 bridgehead atoms. The molecule has 0 aliphatic heterocycles. The quantitative estimate of drug-likeness (QED) is 0.601. The zero-order chi connectivity index (χ0) is 18.9. The maximum Gasteiger partial charge on any atom is 0.321 e. The molecule has 4 rings (SSSR count). The van der Waals surface area contributed by atoms with Crippen molar-refractivity contribution in [3.63, 3.8) is 0 Å². The second-order valence-electron chi connectivity index (χ2n) is 6.99. The molecule has 1 fully saturated rings. The molecule has 0 radical (unpaired) electrons. The van der Waals surface area contributed by atoms with Gasteiger partial charge in [-0.15, -0.1) is 0 Å². The number of rotatable bonds is 6. The molecule has 27 heavy (non-hydrogen) atoms. The molecule has 8 heteroatoms. The van der Waals surface area contributed by atoms with Crippen LogP contribution in [-0.4, -0.2) is 32.2 Å². The van der Waals surface area contributed by atoms with Crippen molar-refractivity contribution in [1.82, 2.24) is 15.0 Å². The average Bonchev–Trinajstić information content (AvgIpc) is 3.29. The van der Waals surface area contributed by atoms with Crippen LogP contribution in [0.3, 0.4) is 0 Å². The van der Waals surface area contributed by atoms with E-state index in [1.807, 2.05) is 37.3 Å². The molecule has 0 unspecified atom stereocenters. The molecule has 3 aromatic rings. The molecule has 1 aliphatic rings. The predicted molar refractivity (Wildman–Crippen MR) is 105 cm³/mol. The lowest BCUT2D eigenvalue weighted by molar-refractivity contribution is 0.206. The van der Waals surface area contributed by atoms with Crippen LogP contribution < -0.4 is 14.9 Å². The third kappa shape index (κ3) is 3.68. The van der Waals surface area contributed by atoms with Gasteiger partial charge in [0.15, 0.2) is 11.5 Å². The number of fused-ring (bicyclic) bond motifs is 1. The van der Waals surface area contributed by atoms with Crippen LogP contribution in [0.1, 0.15) is 44.3 Å². The number of benzene rings is 1. The van der Waals surface area contributed by atoms with E-state index in [1.165, 1.54) is 0 Å². The maximum atomic E-state index is 11.9. The van der Waals surface area contributed by atoms with Crippen LogP contribution in [0.5, 0.6) is 6.01 Å². The van der Waals surface area contributed by atoms with Gasteiger partial charge in [-0.2, -0.15) is 9.97 Å². The van der Waals surface area contributed by atoms with Crippen molar-refractivity contribution in [2.45, 2.75) is 44.2 Å². The molecule has 0 amide bonds. The van der Waals surface area contributed by atoms with E-state index in [0.29, 0.717) is 16.2 Å². The van der Waals surface area contributed by atoms with Gasteiger partial charge in [0.2, 0.25) is 0 Å². The predicted octanol–water partition coefficient (Wildman–Crippen LogP) is 3.24. The molecule has 3 N–H and O–H groups in total. The number of hydrogen-bond donors (Lipinski definition) is 3. The summed E-state index contributed by atoms with van der Waals surface area (Å²) in [6, 6.07) is 10.0. The minimum absolute atomic E-state index is 0.0222.